The van der Waals surface area contributed by atoms with Crippen molar-refractivity contribution in [2.24, 2.45) is 0 Å². The third kappa shape index (κ3) is 3.87. The summed E-state index contributed by atoms with van der Waals surface area (Å²) in [5, 5.41) is 2.93. The largest absolute Gasteiger partial charge is 0.454 e. The first-order valence-corrected chi connectivity index (χ1v) is 10.6. The molecule has 0 unspecified atom stereocenters. The van der Waals surface area contributed by atoms with E-state index >= 15 is 0 Å². The molecule has 2 aliphatic rings. The lowest BCUT2D eigenvalue weighted by Crippen LogP contribution is -2.47. The van der Waals surface area contributed by atoms with Gasteiger partial charge in [0, 0.05) is 18.4 Å². The maximum absolute atomic E-state index is 13.3. The van der Waals surface area contributed by atoms with Crippen LogP contribution >= 0.6 is 23.4 Å². The van der Waals surface area contributed by atoms with Gasteiger partial charge in [-0.25, -0.2) is 14.2 Å². The van der Waals surface area contributed by atoms with Crippen molar-refractivity contribution >= 4 is 47.0 Å². The van der Waals surface area contributed by atoms with Crippen LogP contribution in [0.1, 0.15) is 18.4 Å². The molecule has 7 nitrogen and oxygen atoms in total. The van der Waals surface area contributed by atoms with E-state index in [9.17, 15) is 18.8 Å². The molecule has 0 aliphatic carbocycles. The maximum Gasteiger partial charge on any atom is 0.330 e. The molecule has 1 aromatic carbocycles. The van der Waals surface area contributed by atoms with Gasteiger partial charge in [0.1, 0.15) is 22.5 Å². The molecule has 156 valence electrons. The van der Waals surface area contributed by atoms with Crippen molar-refractivity contribution in [2.45, 2.75) is 23.8 Å². The quantitative estimate of drug-likeness (QED) is 0.706. The van der Waals surface area contributed by atoms with E-state index in [2.05, 4.69) is 10.3 Å². The Kier molecular flexibility index (Phi) is 5.66. The fraction of sp³-hybridized carbons (Fsp3) is 0.300. The molecule has 0 spiro atoms. The molecular weight excluding hydrogens is 433 g/mol. The maximum atomic E-state index is 13.3. The molecule has 2 fully saturated rings. The lowest BCUT2D eigenvalue weighted by molar-refractivity contribution is -0.155. The SMILES string of the molecule is O=C(COC(=O)[C@H]1CS[C@]2(c3ccc(F)cc3)CCC(=O)N12)Nc1ccc(Cl)cn1. The van der Waals surface area contributed by atoms with Gasteiger partial charge in [-0.15, -0.1) is 11.8 Å². The van der Waals surface area contributed by atoms with Crippen LogP contribution in [0.25, 0.3) is 0 Å². The third-order valence-electron chi connectivity index (χ3n) is 5.03. The van der Waals surface area contributed by atoms with Crippen LogP contribution < -0.4 is 5.32 Å². The highest BCUT2D eigenvalue weighted by Gasteiger charge is 2.57. The van der Waals surface area contributed by atoms with E-state index in [4.69, 9.17) is 16.3 Å². The number of thioether (sulfide) groups is 1. The van der Waals surface area contributed by atoms with Gasteiger partial charge in [0.15, 0.2) is 6.61 Å². The average molecular weight is 450 g/mol. The summed E-state index contributed by atoms with van der Waals surface area (Å²) < 4.78 is 18.5. The fourth-order valence-corrected chi connectivity index (χ4v) is 5.44. The van der Waals surface area contributed by atoms with E-state index in [1.165, 1.54) is 41.1 Å². The number of rotatable bonds is 5. The van der Waals surface area contributed by atoms with E-state index in [0.717, 1.165) is 5.56 Å². The number of benzene rings is 1. The standard InChI is InChI=1S/C20H17ClFN3O4S/c21-13-3-6-16(23-9-13)24-17(26)10-29-19(28)15-11-30-20(8-7-18(27)25(15)20)12-1-4-14(22)5-2-12/h1-6,9,15H,7-8,10-11H2,(H,23,24,26)/t15-,20+/m1/s1. The fourth-order valence-electron chi connectivity index (χ4n) is 3.69. The summed E-state index contributed by atoms with van der Waals surface area (Å²) in [5.41, 5.74) is 0.765. The van der Waals surface area contributed by atoms with E-state index in [1.54, 1.807) is 18.2 Å². The smallest absolute Gasteiger partial charge is 0.330 e. The Morgan fingerprint density at radius 1 is 1.30 bits per heavy atom. The van der Waals surface area contributed by atoms with Gasteiger partial charge in [-0.2, -0.15) is 0 Å². The minimum Gasteiger partial charge on any atom is -0.454 e. The van der Waals surface area contributed by atoms with Crippen LogP contribution in [0.2, 0.25) is 5.02 Å². The van der Waals surface area contributed by atoms with Gasteiger partial charge < -0.3 is 15.0 Å². The van der Waals surface area contributed by atoms with Crippen LogP contribution in [0.3, 0.4) is 0 Å². The van der Waals surface area contributed by atoms with Gasteiger partial charge in [0.25, 0.3) is 5.91 Å². The molecule has 4 rings (SSSR count). The first kappa shape index (κ1) is 20.6. The van der Waals surface area contributed by atoms with E-state index in [-0.39, 0.29) is 24.0 Å². The molecule has 2 saturated heterocycles. The molecule has 0 saturated carbocycles. The second-order valence-electron chi connectivity index (χ2n) is 6.90. The van der Waals surface area contributed by atoms with Gasteiger partial charge in [-0.1, -0.05) is 23.7 Å². The monoisotopic (exact) mass is 449 g/mol. The molecule has 2 atom stereocenters. The molecule has 30 heavy (non-hydrogen) atoms. The Balaban J connectivity index is 1.42. The number of aromatic nitrogens is 1. The summed E-state index contributed by atoms with van der Waals surface area (Å²) in [7, 11) is 0. The lowest BCUT2D eigenvalue weighted by atomic mass is 10.0. The number of pyridine rings is 1. The molecule has 3 heterocycles. The number of nitrogens with one attached hydrogen (secondary N) is 1. The zero-order chi connectivity index (χ0) is 21.3. The van der Waals surface area contributed by atoms with Crippen LogP contribution in [-0.2, 0) is 24.0 Å². The zero-order valence-corrected chi connectivity index (χ0v) is 17.2. The van der Waals surface area contributed by atoms with E-state index in [0.29, 0.717) is 17.2 Å². The van der Waals surface area contributed by atoms with Gasteiger partial charge >= 0.3 is 5.97 Å². The van der Waals surface area contributed by atoms with Gasteiger partial charge in [-0.05, 0) is 36.2 Å². The molecule has 1 N–H and O–H groups in total. The highest BCUT2D eigenvalue weighted by molar-refractivity contribution is 8.00. The molecule has 2 aromatic rings. The van der Waals surface area contributed by atoms with Crippen LogP contribution in [-0.4, -0.2) is 46.1 Å². The first-order chi connectivity index (χ1) is 14.4. The topological polar surface area (TPSA) is 88.6 Å². The lowest BCUT2D eigenvalue weighted by Gasteiger charge is -2.33. The minimum absolute atomic E-state index is 0.166. The Labute approximate surface area is 180 Å². The second-order valence-corrected chi connectivity index (χ2v) is 8.63. The van der Waals surface area contributed by atoms with Gasteiger partial charge in [0.05, 0.1) is 5.02 Å². The van der Waals surface area contributed by atoms with Crippen molar-refractivity contribution in [3.63, 3.8) is 0 Å². The zero-order valence-electron chi connectivity index (χ0n) is 15.6. The number of anilines is 1. The van der Waals surface area contributed by atoms with Crippen molar-refractivity contribution in [1.82, 2.24) is 9.88 Å². The Morgan fingerprint density at radius 2 is 2.07 bits per heavy atom. The average Bonchev–Trinajstić information content (AvgIpc) is 3.28. The Morgan fingerprint density at radius 3 is 2.77 bits per heavy atom. The number of fused-ring (bicyclic) bond motifs is 1. The van der Waals surface area contributed by atoms with Crippen LogP contribution in [0.15, 0.2) is 42.6 Å². The van der Waals surface area contributed by atoms with E-state index in [1.807, 2.05) is 0 Å². The summed E-state index contributed by atoms with van der Waals surface area (Å²) in [4.78, 5) is 42.0. The van der Waals surface area contributed by atoms with Crippen molar-refractivity contribution in [1.29, 1.82) is 0 Å². The minimum atomic E-state index is -0.809. The normalized spacial score (nSPS) is 22.7. The highest BCUT2D eigenvalue weighted by Crippen LogP contribution is 2.54. The van der Waals surface area contributed by atoms with Crippen molar-refractivity contribution in [3.05, 3.63) is 59.0 Å². The highest BCUT2D eigenvalue weighted by atomic mass is 35.5. The number of amides is 2. The molecule has 2 aliphatic heterocycles. The summed E-state index contributed by atoms with van der Waals surface area (Å²) in [6, 6.07) is 8.23. The summed E-state index contributed by atoms with van der Waals surface area (Å²) in [6.07, 6.45) is 2.19. The van der Waals surface area contributed by atoms with Crippen molar-refractivity contribution < 1.29 is 23.5 Å². The molecular formula is C20H17ClFN3O4S. The van der Waals surface area contributed by atoms with Crippen molar-refractivity contribution in [3.8, 4) is 0 Å². The third-order valence-corrected chi connectivity index (χ3v) is 6.86. The summed E-state index contributed by atoms with van der Waals surface area (Å²) in [5.74, 6) is -1.13. The van der Waals surface area contributed by atoms with Crippen LogP contribution in [0, 0.1) is 5.82 Å². The number of carbonyl (C=O) groups excluding carboxylic acids is 3. The number of ether oxygens (including phenoxy) is 1. The van der Waals surface area contributed by atoms with Crippen LogP contribution in [0.5, 0.6) is 0 Å². The number of nitrogens with zero attached hydrogens (tertiary/aromatic N) is 2. The molecule has 1 aromatic heterocycles. The number of hydrogen-bond acceptors (Lipinski definition) is 6. The van der Waals surface area contributed by atoms with Gasteiger partial charge in [-0.3, -0.25) is 9.59 Å². The predicted octanol–water partition coefficient (Wildman–Crippen LogP) is 2.95. The van der Waals surface area contributed by atoms with Crippen LogP contribution in [0.4, 0.5) is 10.2 Å². The Hall–Kier alpha value is -2.65. The van der Waals surface area contributed by atoms with Crippen molar-refractivity contribution in [2.75, 3.05) is 17.7 Å². The Bertz CT molecular complexity index is 989. The number of esters is 1. The number of halogens is 2. The second kappa shape index (κ2) is 8.23. The molecule has 2 amide bonds. The van der Waals surface area contributed by atoms with Gasteiger partial charge in [0.2, 0.25) is 5.91 Å². The summed E-state index contributed by atoms with van der Waals surface area (Å²) >= 11 is 7.20. The van der Waals surface area contributed by atoms with E-state index < -0.39 is 29.4 Å². The molecule has 10 heteroatoms. The predicted molar refractivity (Wildman–Crippen MR) is 109 cm³/mol. The molecule has 0 bridgehead atoms. The summed E-state index contributed by atoms with van der Waals surface area (Å²) in [6.45, 7) is -0.504. The first-order valence-electron chi connectivity index (χ1n) is 9.19. The number of carbonyl (C=O) groups is 3. The number of hydrogen-bond donors (Lipinski definition) is 1. The molecule has 0 radical (unpaired) electrons.